The van der Waals surface area contributed by atoms with E-state index in [1.807, 2.05) is 18.2 Å². The van der Waals surface area contributed by atoms with Crippen LogP contribution in [0.4, 0.5) is 0 Å². The van der Waals surface area contributed by atoms with Gasteiger partial charge in [-0.05, 0) is 31.3 Å². The first-order valence-corrected chi connectivity index (χ1v) is 5.28. The summed E-state index contributed by atoms with van der Waals surface area (Å²) in [4.78, 5) is 2.20. The molecule has 3 N–H and O–H groups in total. The van der Waals surface area contributed by atoms with Crippen LogP contribution in [0.15, 0.2) is 18.2 Å². The van der Waals surface area contributed by atoms with Crippen molar-refractivity contribution in [1.82, 2.24) is 4.90 Å². The molecule has 4 heteroatoms. The first-order valence-electron chi connectivity index (χ1n) is 5.28. The normalized spacial score (nSPS) is 10.5. The largest absolute Gasteiger partial charge is 0.496 e. The summed E-state index contributed by atoms with van der Waals surface area (Å²) in [7, 11) is 3.65. The summed E-state index contributed by atoms with van der Waals surface area (Å²) in [6, 6.07) is 5.74. The van der Waals surface area contributed by atoms with Gasteiger partial charge in [0, 0.05) is 6.54 Å². The molecule has 16 heavy (non-hydrogen) atoms. The lowest BCUT2D eigenvalue weighted by Gasteiger charge is -2.15. The molecule has 0 amide bonds. The van der Waals surface area contributed by atoms with Crippen molar-refractivity contribution >= 4 is 5.84 Å². The second kappa shape index (κ2) is 5.51. The number of nitrogen functional groups attached to an aromatic ring is 1. The van der Waals surface area contributed by atoms with Gasteiger partial charge in [0.2, 0.25) is 0 Å². The Labute approximate surface area is 96.5 Å². The van der Waals surface area contributed by atoms with Crippen LogP contribution < -0.4 is 10.5 Å². The Morgan fingerprint density at radius 3 is 2.69 bits per heavy atom. The fraction of sp³-hybridized carbons (Fsp3) is 0.417. The second-order valence-electron chi connectivity index (χ2n) is 3.78. The van der Waals surface area contributed by atoms with E-state index in [-0.39, 0.29) is 5.84 Å². The lowest BCUT2D eigenvalue weighted by molar-refractivity contribution is 0.344. The summed E-state index contributed by atoms with van der Waals surface area (Å²) >= 11 is 0. The van der Waals surface area contributed by atoms with Gasteiger partial charge in [0.05, 0.1) is 12.7 Å². The van der Waals surface area contributed by atoms with E-state index in [2.05, 4.69) is 18.9 Å². The van der Waals surface area contributed by atoms with Crippen molar-refractivity contribution < 1.29 is 4.74 Å². The van der Waals surface area contributed by atoms with Crippen LogP contribution in [0.3, 0.4) is 0 Å². The van der Waals surface area contributed by atoms with Crippen LogP contribution in [0.25, 0.3) is 0 Å². The van der Waals surface area contributed by atoms with Crippen LogP contribution in [0, 0.1) is 5.41 Å². The molecule has 0 radical (unpaired) electrons. The molecule has 0 atom stereocenters. The minimum Gasteiger partial charge on any atom is -0.496 e. The van der Waals surface area contributed by atoms with Crippen LogP contribution in [0.1, 0.15) is 18.1 Å². The molecule has 0 heterocycles. The first kappa shape index (κ1) is 12.5. The number of nitrogens with two attached hydrogens (primary N) is 1. The van der Waals surface area contributed by atoms with Gasteiger partial charge in [-0.1, -0.05) is 13.0 Å². The zero-order chi connectivity index (χ0) is 12.1. The van der Waals surface area contributed by atoms with Crippen LogP contribution in [-0.2, 0) is 6.54 Å². The molecular formula is C12H19N3O. The van der Waals surface area contributed by atoms with E-state index in [0.29, 0.717) is 11.3 Å². The quantitative estimate of drug-likeness (QED) is 0.584. The number of hydrogen-bond acceptors (Lipinski definition) is 3. The molecule has 4 nitrogen and oxygen atoms in total. The van der Waals surface area contributed by atoms with Gasteiger partial charge in [0.15, 0.2) is 0 Å². The highest BCUT2D eigenvalue weighted by molar-refractivity contribution is 5.97. The maximum atomic E-state index is 7.42. The predicted molar refractivity (Wildman–Crippen MR) is 66.0 cm³/mol. The molecule has 0 bridgehead atoms. The Morgan fingerprint density at radius 1 is 1.50 bits per heavy atom. The standard InChI is InChI=1S/C12H19N3O/c1-4-15(2)8-9-5-6-10(12(13)14)11(7-9)16-3/h5-7H,4,8H2,1-3H3,(H3,13,14). The zero-order valence-corrected chi connectivity index (χ0v) is 10.1. The molecule has 1 aromatic rings. The molecule has 0 aliphatic rings. The number of nitrogens with one attached hydrogen (secondary N) is 1. The van der Waals surface area contributed by atoms with Gasteiger partial charge in [-0.3, -0.25) is 5.41 Å². The average molecular weight is 221 g/mol. The molecule has 1 rings (SSSR count). The third-order valence-electron chi connectivity index (χ3n) is 2.55. The van der Waals surface area contributed by atoms with Gasteiger partial charge in [-0.25, -0.2) is 0 Å². The Bertz CT molecular complexity index is 377. The highest BCUT2D eigenvalue weighted by Gasteiger charge is 2.07. The summed E-state index contributed by atoms with van der Waals surface area (Å²) < 4.78 is 5.22. The molecular weight excluding hydrogens is 202 g/mol. The summed E-state index contributed by atoms with van der Waals surface area (Å²) in [5.74, 6) is 0.696. The van der Waals surface area contributed by atoms with Gasteiger partial charge in [0.1, 0.15) is 11.6 Å². The third kappa shape index (κ3) is 2.97. The maximum absolute atomic E-state index is 7.42. The first-order chi connectivity index (χ1) is 7.58. The molecule has 0 aromatic heterocycles. The molecule has 0 fully saturated rings. The number of nitrogens with zero attached hydrogens (tertiary/aromatic N) is 1. The number of benzene rings is 1. The number of methoxy groups -OCH3 is 1. The van der Waals surface area contributed by atoms with E-state index >= 15 is 0 Å². The molecule has 0 spiro atoms. The van der Waals surface area contributed by atoms with Gasteiger partial charge in [-0.2, -0.15) is 0 Å². The summed E-state index contributed by atoms with van der Waals surface area (Å²) in [6.45, 7) is 3.98. The lowest BCUT2D eigenvalue weighted by atomic mass is 10.1. The van der Waals surface area contributed by atoms with Gasteiger partial charge < -0.3 is 15.4 Å². The van der Waals surface area contributed by atoms with Gasteiger partial charge in [0.25, 0.3) is 0 Å². The number of amidine groups is 1. The molecule has 1 aromatic carbocycles. The van der Waals surface area contributed by atoms with E-state index in [9.17, 15) is 0 Å². The van der Waals surface area contributed by atoms with Gasteiger partial charge >= 0.3 is 0 Å². The van der Waals surface area contributed by atoms with Crippen molar-refractivity contribution in [2.45, 2.75) is 13.5 Å². The Morgan fingerprint density at radius 2 is 2.19 bits per heavy atom. The van der Waals surface area contributed by atoms with Crippen molar-refractivity contribution in [1.29, 1.82) is 5.41 Å². The van der Waals surface area contributed by atoms with E-state index in [1.54, 1.807) is 7.11 Å². The SMILES string of the molecule is CCN(C)Cc1ccc(C(=N)N)c(OC)c1. The van der Waals surface area contributed by atoms with Crippen molar-refractivity contribution in [2.75, 3.05) is 20.7 Å². The Hall–Kier alpha value is -1.55. The second-order valence-corrected chi connectivity index (χ2v) is 3.78. The Kier molecular flexibility index (Phi) is 4.31. The van der Waals surface area contributed by atoms with Crippen molar-refractivity contribution in [3.63, 3.8) is 0 Å². The summed E-state index contributed by atoms with van der Waals surface area (Å²) in [5, 5.41) is 7.42. The van der Waals surface area contributed by atoms with Crippen LogP contribution in [0.2, 0.25) is 0 Å². The zero-order valence-electron chi connectivity index (χ0n) is 10.1. The third-order valence-corrected chi connectivity index (χ3v) is 2.55. The molecule has 0 saturated heterocycles. The fourth-order valence-corrected chi connectivity index (χ4v) is 1.48. The predicted octanol–water partition coefficient (Wildman–Crippen LogP) is 1.43. The van der Waals surface area contributed by atoms with Crippen molar-refractivity contribution in [3.05, 3.63) is 29.3 Å². The van der Waals surface area contributed by atoms with E-state index in [0.717, 1.165) is 18.7 Å². The topological polar surface area (TPSA) is 62.3 Å². The lowest BCUT2D eigenvalue weighted by Crippen LogP contribution is -2.17. The highest BCUT2D eigenvalue weighted by atomic mass is 16.5. The maximum Gasteiger partial charge on any atom is 0.130 e. The highest BCUT2D eigenvalue weighted by Crippen LogP contribution is 2.20. The minimum atomic E-state index is 0.0345. The van der Waals surface area contributed by atoms with Crippen LogP contribution in [-0.4, -0.2) is 31.4 Å². The average Bonchev–Trinajstić information content (AvgIpc) is 2.28. The Balaban J connectivity index is 2.95. The molecule has 0 aliphatic carbocycles. The van der Waals surface area contributed by atoms with E-state index in [1.165, 1.54) is 0 Å². The summed E-state index contributed by atoms with van der Waals surface area (Å²) in [6.07, 6.45) is 0. The molecule has 0 saturated carbocycles. The van der Waals surface area contributed by atoms with Gasteiger partial charge in [-0.15, -0.1) is 0 Å². The molecule has 88 valence electrons. The molecule has 0 aliphatic heterocycles. The van der Waals surface area contributed by atoms with Crippen LogP contribution in [0.5, 0.6) is 5.75 Å². The monoisotopic (exact) mass is 221 g/mol. The fourth-order valence-electron chi connectivity index (χ4n) is 1.48. The number of hydrogen-bond donors (Lipinski definition) is 2. The number of rotatable bonds is 5. The van der Waals surface area contributed by atoms with E-state index in [4.69, 9.17) is 15.9 Å². The molecule has 0 unspecified atom stereocenters. The van der Waals surface area contributed by atoms with E-state index < -0.39 is 0 Å². The van der Waals surface area contributed by atoms with Crippen LogP contribution >= 0.6 is 0 Å². The summed E-state index contributed by atoms with van der Waals surface area (Å²) in [5.41, 5.74) is 7.26. The van der Waals surface area contributed by atoms with Crippen molar-refractivity contribution in [3.8, 4) is 5.75 Å². The minimum absolute atomic E-state index is 0.0345. The number of ether oxygens (including phenoxy) is 1. The smallest absolute Gasteiger partial charge is 0.130 e. The van der Waals surface area contributed by atoms with Crippen molar-refractivity contribution in [2.24, 2.45) is 5.73 Å².